The highest BCUT2D eigenvalue weighted by Gasteiger charge is 2.25. The first kappa shape index (κ1) is 17.7. The van der Waals surface area contributed by atoms with Gasteiger partial charge in [-0.15, -0.1) is 0 Å². The average molecular weight is 331 g/mol. The van der Waals surface area contributed by atoms with E-state index < -0.39 is 0 Å². The zero-order chi connectivity index (χ0) is 17.5. The third-order valence-corrected chi connectivity index (χ3v) is 5.21. The standard InChI is InChI=1S/C25H30/c1-3-5-13-22-19-24(20-14-9-7-10-15-20)23(18-6-4-2)25(22)21-16-11-8-12-17-21/h7-12,14-17H,3-6,13,18-19H2,1-2H3. The Bertz CT molecular complexity index is 732. The van der Waals surface area contributed by atoms with Crippen LogP contribution in [-0.4, -0.2) is 0 Å². The van der Waals surface area contributed by atoms with E-state index in [1.807, 2.05) is 0 Å². The molecule has 2 aromatic rings. The molecule has 0 radical (unpaired) electrons. The van der Waals surface area contributed by atoms with Gasteiger partial charge in [0.1, 0.15) is 0 Å². The lowest BCUT2D eigenvalue weighted by atomic mass is 9.91. The summed E-state index contributed by atoms with van der Waals surface area (Å²) >= 11 is 0. The van der Waals surface area contributed by atoms with Crippen LogP contribution in [0, 0.1) is 0 Å². The number of hydrogen-bond donors (Lipinski definition) is 0. The topological polar surface area (TPSA) is 0 Å². The highest BCUT2D eigenvalue weighted by Crippen LogP contribution is 2.46. The van der Waals surface area contributed by atoms with Crippen molar-refractivity contribution in [2.24, 2.45) is 0 Å². The molecule has 0 unspecified atom stereocenters. The predicted molar refractivity (Wildman–Crippen MR) is 110 cm³/mol. The van der Waals surface area contributed by atoms with Gasteiger partial charge in [0.2, 0.25) is 0 Å². The Morgan fingerprint density at radius 3 is 1.84 bits per heavy atom. The van der Waals surface area contributed by atoms with Gasteiger partial charge in [0.05, 0.1) is 0 Å². The molecule has 0 fully saturated rings. The zero-order valence-electron chi connectivity index (χ0n) is 15.7. The van der Waals surface area contributed by atoms with Crippen LogP contribution in [0.5, 0.6) is 0 Å². The smallest absolute Gasteiger partial charge is 0.00489 e. The van der Waals surface area contributed by atoms with Gasteiger partial charge in [0.25, 0.3) is 0 Å². The summed E-state index contributed by atoms with van der Waals surface area (Å²) in [5, 5.41) is 0. The molecule has 0 atom stereocenters. The van der Waals surface area contributed by atoms with E-state index in [1.165, 1.54) is 49.7 Å². The van der Waals surface area contributed by atoms with Crippen LogP contribution in [0.2, 0.25) is 0 Å². The predicted octanol–water partition coefficient (Wildman–Crippen LogP) is 7.68. The molecule has 1 aliphatic carbocycles. The van der Waals surface area contributed by atoms with Crippen molar-refractivity contribution in [2.75, 3.05) is 0 Å². The van der Waals surface area contributed by atoms with Gasteiger partial charge in [-0.3, -0.25) is 0 Å². The molecule has 130 valence electrons. The van der Waals surface area contributed by atoms with Gasteiger partial charge in [-0.2, -0.15) is 0 Å². The minimum Gasteiger partial charge on any atom is -0.0654 e. The molecule has 0 nitrogen and oxygen atoms in total. The largest absolute Gasteiger partial charge is 0.0654 e. The molecule has 3 rings (SSSR count). The summed E-state index contributed by atoms with van der Waals surface area (Å²) in [5.41, 5.74) is 9.20. The van der Waals surface area contributed by atoms with Crippen LogP contribution < -0.4 is 0 Å². The molecule has 0 bridgehead atoms. The van der Waals surface area contributed by atoms with Crippen LogP contribution in [0.1, 0.15) is 69.9 Å². The highest BCUT2D eigenvalue weighted by atomic mass is 14.3. The van der Waals surface area contributed by atoms with Crippen molar-refractivity contribution in [1.29, 1.82) is 0 Å². The summed E-state index contributed by atoms with van der Waals surface area (Å²) in [6, 6.07) is 22.1. The third-order valence-electron chi connectivity index (χ3n) is 5.21. The lowest BCUT2D eigenvalue weighted by Crippen LogP contribution is -1.92. The number of rotatable bonds is 8. The lowest BCUT2D eigenvalue weighted by Gasteiger charge is -2.13. The molecule has 0 amide bonds. The fourth-order valence-corrected chi connectivity index (χ4v) is 3.90. The normalized spacial score (nSPS) is 14.5. The molecule has 0 spiro atoms. The van der Waals surface area contributed by atoms with Crippen molar-refractivity contribution in [3.05, 3.63) is 82.9 Å². The van der Waals surface area contributed by atoms with E-state index in [-0.39, 0.29) is 0 Å². The maximum Gasteiger partial charge on any atom is -0.00489 e. The molecule has 0 saturated heterocycles. The summed E-state index contributed by atoms with van der Waals surface area (Å²) in [6.45, 7) is 4.59. The van der Waals surface area contributed by atoms with Gasteiger partial charge in [0.15, 0.2) is 0 Å². The summed E-state index contributed by atoms with van der Waals surface area (Å²) in [4.78, 5) is 0. The zero-order valence-corrected chi connectivity index (χ0v) is 15.7. The fraction of sp³-hybridized carbons (Fsp3) is 0.360. The fourth-order valence-electron chi connectivity index (χ4n) is 3.90. The van der Waals surface area contributed by atoms with Crippen LogP contribution in [0.25, 0.3) is 11.1 Å². The van der Waals surface area contributed by atoms with Crippen molar-refractivity contribution >= 4 is 11.1 Å². The van der Waals surface area contributed by atoms with E-state index in [1.54, 1.807) is 22.3 Å². The van der Waals surface area contributed by atoms with E-state index in [9.17, 15) is 0 Å². The van der Waals surface area contributed by atoms with Crippen molar-refractivity contribution in [1.82, 2.24) is 0 Å². The first-order chi connectivity index (χ1) is 12.3. The Morgan fingerprint density at radius 1 is 0.680 bits per heavy atom. The Balaban J connectivity index is 2.07. The summed E-state index contributed by atoms with van der Waals surface area (Å²) in [5.74, 6) is 0. The Kier molecular flexibility index (Phi) is 6.28. The summed E-state index contributed by atoms with van der Waals surface area (Å²) < 4.78 is 0. The number of benzene rings is 2. The molecule has 1 aliphatic rings. The second-order valence-corrected chi connectivity index (χ2v) is 7.05. The summed E-state index contributed by atoms with van der Waals surface area (Å²) in [7, 11) is 0. The quantitative estimate of drug-likeness (QED) is 0.465. The molecule has 0 saturated carbocycles. The SMILES string of the molecule is CCCCC1=C(c2ccccc2)C(CCCC)=C(c2ccccc2)C1. The maximum atomic E-state index is 2.29. The molecule has 0 heterocycles. The lowest BCUT2D eigenvalue weighted by molar-refractivity contribution is 0.781. The average Bonchev–Trinajstić information content (AvgIpc) is 3.04. The van der Waals surface area contributed by atoms with Gasteiger partial charge < -0.3 is 0 Å². The van der Waals surface area contributed by atoms with E-state index >= 15 is 0 Å². The van der Waals surface area contributed by atoms with Gasteiger partial charge in [-0.25, -0.2) is 0 Å². The van der Waals surface area contributed by atoms with Gasteiger partial charge in [-0.1, -0.05) is 92.9 Å². The number of hydrogen-bond acceptors (Lipinski definition) is 0. The van der Waals surface area contributed by atoms with Gasteiger partial charge >= 0.3 is 0 Å². The van der Waals surface area contributed by atoms with E-state index in [0.717, 1.165) is 6.42 Å². The first-order valence-corrected chi connectivity index (χ1v) is 9.90. The van der Waals surface area contributed by atoms with Gasteiger partial charge in [-0.05, 0) is 60.0 Å². The molecule has 0 N–H and O–H groups in total. The molecular weight excluding hydrogens is 300 g/mol. The monoisotopic (exact) mass is 330 g/mol. The van der Waals surface area contributed by atoms with Crippen LogP contribution in [0.15, 0.2) is 71.8 Å². The maximum absolute atomic E-state index is 2.29. The Morgan fingerprint density at radius 2 is 1.24 bits per heavy atom. The number of allylic oxidation sites excluding steroid dienone is 4. The molecule has 0 heteroatoms. The van der Waals surface area contributed by atoms with Crippen LogP contribution in [0.3, 0.4) is 0 Å². The Hall–Kier alpha value is -2.08. The second kappa shape index (κ2) is 8.85. The molecule has 25 heavy (non-hydrogen) atoms. The third kappa shape index (κ3) is 4.12. The van der Waals surface area contributed by atoms with Crippen molar-refractivity contribution in [3.8, 4) is 0 Å². The van der Waals surface area contributed by atoms with E-state index in [2.05, 4.69) is 74.5 Å². The molecule has 0 aromatic heterocycles. The van der Waals surface area contributed by atoms with Crippen LogP contribution in [-0.2, 0) is 0 Å². The minimum absolute atomic E-state index is 1.13. The highest BCUT2D eigenvalue weighted by molar-refractivity contribution is 5.96. The molecule has 0 aliphatic heterocycles. The second-order valence-electron chi connectivity index (χ2n) is 7.05. The van der Waals surface area contributed by atoms with E-state index in [0.29, 0.717) is 0 Å². The first-order valence-electron chi connectivity index (χ1n) is 9.90. The molecular formula is C25H30. The molecule has 2 aromatic carbocycles. The van der Waals surface area contributed by atoms with Gasteiger partial charge in [0, 0.05) is 0 Å². The van der Waals surface area contributed by atoms with Crippen molar-refractivity contribution < 1.29 is 0 Å². The van der Waals surface area contributed by atoms with Crippen LogP contribution >= 0.6 is 0 Å². The van der Waals surface area contributed by atoms with Crippen molar-refractivity contribution in [2.45, 2.75) is 58.8 Å². The summed E-state index contributed by atoms with van der Waals surface area (Å²) in [6.07, 6.45) is 8.62. The van der Waals surface area contributed by atoms with Crippen LogP contribution in [0.4, 0.5) is 0 Å². The minimum atomic E-state index is 1.13. The van der Waals surface area contributed by atoms with E-state index in [4.69, 9.17) is 0 Å². The number of unbranched alkanes of at least 4 members (excludes halogenated alkanes) is 2. The van der Waals surface area contributed by atoms with Crippen molar-refractivity contribution in [3.63, 3.8) is 0 Å². The Labute approximate surface area is 153 Å².